The molecule has 1 N–H and O–H groups in total. The monoisotopic (exact) mass is 382 g/mol. The summed E-state index contributed by atoms with van der Waals surface area (Å²) in [5, 5.41) is 9.97. The molecular formula is C17H19F5O4. The molecule has 0 aromatic rings. The Bertz CT molecular complexity index is 666. The Balaban J connectivity index is 1.64. The van der Waals surface area contributed by atoms with Gasteiger partial charge in [0.05, 0.1) is 0 Å². The SMILES string of the molecule is COCOC12C3CC(C4C5C=CC(C5)C43)C1OC(O)(C(F)(F)F)C2(F)F. The molecule has 5 aliphatic rings. The minimum absolute atomic E-state index is 0.00523. The maximum absolute atomic E-state index is 15.3. The molecule has 4 aliphatic carbocycles. The summed E-state index contributed by atoms with van der Waals surface area (Å²) in [7, 11) is 1.21. The van der Waals surface area contributed by atoms with Gasteiger partial charge in [-0.2, -0.15) is 22.0 Å². The molecule has 9 heteroatoms. The van der Waals surface area contributed by atoms with Crippen molar-refractivity contribution in [2.24, 2.45) is 35.5 Å². The Kier molecular flexibility index (Phi) is 3.20. The van der Waals surface area contributed by atoms with E-state index in [-0.39, 0.29) is 23.7 Å². The van der Waals surface area contributed by atoms with Crippen molar-refractivity contribution in [1.82, 2.24) is 0 Å². The molecule has 0 aromatic carbocycles. The van der Waals surface area contributed by atoms with Crippen LogP contribution in [0.3, 0.4) is 0 Å². The van der Waals surface area contributed by atoms with Gasteiger partial charge in [0, 0.05) is 13.0 Å². The summed E-state index contributed by atoms with van der Waals surface area (Å²) in [4.78, 5) is 0. The molecule has 4 fully saturated rings. The van der Waals surface area contributed by atoms with Gasteiger partial charge in [0.25, 0.3) is 0 Å². The van der Waals surface area contributed by atoms with Gasteiger partial charge < -0.3 is 19.3 Å². The largest absolute Gasteiger partial charge is 0.449 e. The van der Waals surface area contributed by atoms with Crippen LogP contribution in [0.25, 0.3) is 0 Å². The average molecular weight is 382 g/mol. The highest BCUT2D eigenvalue weighted by atomic mass is 19.4. The van der Waals surface area contributed by atoms with Crippen LogP contribution in [-0.4, -0.2) is 48.6 Å². The predicted molar refractivity (Wildman–Crippen MR) is 75.8 cm³/mol. The Morgan fingerprint density at radius 3 is 2.42 bits per heavy atom. The van der Waals surface area contributed by atoms with E-state index in [4.69, 9.17) is 14.2 Å². The molecule has 0 aromatic heterocycles. The first-order valence-corrected chi connectivity index (χ1v) is 8.76. The van der Waals surface area contributed by atoms with E-state index in [1.807, 2.05) is 12.2 Å². The van der Waals surface area contributed by atoms with Crippen LogP contribution in [-0.2, 0) is 14.2 Å². The topological polar surface area (TPSA) is 47.9 Å². The van der Waals surface area contributed by atoms with Gasteiger partial charge in [-0.3, -0.25) is 0 Å². The lowest BCUT2D eigenvalue weighted by Crippen LogP contribution is -2.67. The first-order valence-electron chi connectivity index (χ1n) is 8.76. The second-order valence-corrected chi connectivity index (χ2v) is 8.21. The Labute approximate surface area is 146 Å². The number of fused-ring (bicyclic) bond motifs is 12. The van der Waals surface area contributed by atoms with Crippen LogP contribution in [0.2, 0.25) is 0 Å². The fourth-order valence-electron chi connectivity index (χ4n) is 6.78. The number of aliphatic hydroxyl groups is 1. The van der Waals surface area contributed by atoms with E-state index in [0.717, 1.165) is 6.42 Å². The van der Waals surface area contributed by atoms with Crippen LogP contribution in [0, 0.1) is 35.5 Å². The molecule has 0 radical (unpaired) electrons. The Morgan fingerprint density at radius 1 is 1.15 bits per heavy atom. The Hall–Kier alpha value is -0.770. The van der Waals surface area contributed by atoms with E-state index in [1.165, 1.54) is 7.11 Å². The highest BCUT2D eigenvalue weighted by molar-refractivity contribution is 5.32. The third-order valence-electron chi connectivity index (χ3n) is 7.44. The molecule has 1 saturated heterocycles. The second kappa shape index (κ2) is 4.79. The van der Waals surface area contributed by atoms with Crippen LogP contribution in [0.15, 0.2) is 12.2 Å². The summed E-state index contributed by atoms with van der Waals surface area (Å²) in [5.41, 5.74) is -2.53. The summed E-state index contributed by atoms with van der Waals surface area (Å²) >= 11 is 0. The fourth-order valence-corrected chi connectivity index (χ4v) is 6.78. The first kappa shape index (κ1) is 17.3. The zero-order chi connectivity index (χ0) is 18.7. The average Bonchev–Trinajstić information content (AvgIpc) is 3.30. The van der Waals surface area contributed by atoms with Gasteiger partial charge >= 0.3 is 17.9 Å². The minimum atomic E-state index is -5.64. The zero-order valence-corrected chi connectivity index (χ0v) is 13.9. The van der Waals surface area contributed by atoms with E-state index in [0.29, 0.717) is 6.42 Å². The number of alkyl halides is 5. The molecular weight excluding hydrogens is 363 g/mol. The molecule has 1 aliphatic heterocycles. The van der Waals surface area contributed by atoms with E-state index in [2.05, 4.69) is 0 Å². The number of halogens is 5. The maximum Gasteiger partial charge on any atom is 0.449 e. The van der Waals surface area contributed by atoms with Gasteiger partial charge in [-0.25, -0.2) is 0 Å². The molecule has 0 spiro atoms. The highest BCUT2D eigenvalue weighted by Crippen LogP contribution is 2.76. The van der Waals surface area contributed by atoms with Crippen molar-refractivity contribution in [3.63, 3.8) is 0 Å². The third-order valence-corrected chi connectivity index (χ3v) is 7.44. The number of allylic oxidation sites excluding steroid dienone is 2. The van der Waals surface area contributed by atoms with Crippen molar-refractivity contribution in [2.45, 2.75) is 42.4 Å². The number of hydrogen-bond donors (Lipinski definition) is 1. The summed E-state index contributed by atoms with van der Waals surface area (Å²) in [6.45, 7) is -0.589. The van der Waals surface area contributed by atoms with Crippen molar-refractivity contribution in [3.8, 4) is 0 Å². The predicted octanol–water partition coefficient (Wildman–Crippen LogP) is 2.72. The van der Waals surface area contributed by atoms with Gasteiger partial charge in [0.2, 0.25) is 0 Å². The van der Waals surface area contributed by atoms with E-state index < -0.39 is 48.2 Å². The standard InChI is InChI=1S/C17H19F5O4/c1-24-6-25-14-10-5-9(11-7-2-3-8(4-7)12(10)11)13(14)26-16(23,15(14,18)19)17(20,21)22/h2-3,7-13,23H,4-6H2,1H3. The summed E-state index contributed by atoms with van der Waals surface area (Å²) < 4.78 is 85.7. The minimum Gasteiger partial charge on any atom is -0.359 e. The lowest BCUT2D eigenvalue weighted by atomic mass is 9.64. The number of rotatable bonds is 3. The highest BCUT2D eigenvalue weighted by Gasteiger charge is 2.92. The number of methoxy groups -OCH3 is 1. The Morgan fingerprint density at radius 2 is 1.81 bits per heavy atom. The van der Waals surface area contributed by atoms with Crippen molar-refractivity contribution in [2.75, 3.05) is 13.9 Å². The van der Waals surface area contributed by atoms with Crippen LogP contribution in [0.5, 0.6) is 0 Å². The molecule has 0 amide bonds. The summed E-state index contributed by atoms with van der Waals surface area (Å²) in [6.07, 6.45) is -1.98. The van der Waals surface area contributed by atoms with Crippen molar-refractivity contribution in [3.05, 3.63) is 12.2 Å². The molecule has 3 saturated carbocycles. The van der Waals surface area contributed by atoms with Gasteiger partial charge in [-0.1, -0.05) is 12.2 Å². The lowest BCUT2D eigenvalue weighted by molar-refractivity contribution is -0.417. The lowest BCUT2D eigenvalue weighted by Gasteiger charge is -2.47. The van der Waals surface area contributed by atoms with Crippen molar-refractivity contribution < 1.29 is 41.3 Å². The van der Waals surface area contributed by atoms with Crippen LogP contribution < -0.4 is 0 Å². The quantitative estimate of drug-likeness (QED) is 0.353. The number of ether oxygens (including phenoxy) is 3. The molecule has 9 atom stereocenters. The third kappa shape index (κ3) is 1.58. The molecule has 26 heavy (non-hydrogen) atoms. The van der Waals surface area contributed by atoms with Crippen molar-refractivity contribution in [1.29, 1.82) is 0 Å². The van der Waals surface area contributed by atoms with Crippen LogP contribution in [0.4, 0.5) is 22.0 Å². The smallest absolute Gasteiger partial charge is 0.359 e. The van der Waals surface area contributed by atoms with Gasteiger partial charge in [-0.15, -0.1) is 0 Å². The summed E-state index contributed by atoms with van der Waals surface area (Å²) in [5.74, 6) is -10.4. The van der Waals surface area contributed by atoms with E-state index in [9.17, 15) is 18.3 Å². The van der Waals surface area contributed by atoms with Crippen LogP contribution in [0.1, 0.15) is 12.8 Å². The first-order chi connectivity index (χ1) is 12.1. The van der Waals surface area contributed by atoms with Crippen molar-refractivity contribution >= 4 is 0 Å². The zero-order valence-electron chi connectivity index (χ0n) is 13.9. The molecule has 5 rings (SSSR count). The van der Waals surface area contributed by atoms with E-state index >= 15 is 8.78 Å². The second-order valence-electron chi connectivity index (χ2n) is 8.21. The van der Waals surface area contributed by atoms with Gasteiger partial charge in [0.1, 0.15) is 12.9 Å². The molecule has 4 nitrogen and oxygen atoms in total. The van der Waals surface area contributed by atoms with Gasteiger partial charge in [-0.05, 0) is 42.4 Å². The maximum atomic E-state index is 15.3. The molecule has 4 bridgehead atoms. The van der Waals surface area contributed by atoms with Crippen LogP contribution >= 0.6 is 0 Å². The number of hydrogen-bond acceptors (Lipinski definition) is 4. The van der Waals surface area contributed by atoms with E-state index in [1.54, 1.807) is 0 Å². The molecule has 146 valence electrons. The summed E-state index contributed by atoms with van der Waals surface area (Å²) in [6, 6.07) is 0. The fraction of sp³-hybridized carbons (Fsp3) is 0.882. The molecule has 9 unspecified atom stereocenters. The normalized spacial score (nSPS) is 55.6. The van der Waals surface area contributed by atoms with Gasteiger partial charge in [0.15, 0.2) is 5.60 Å². The molecule has 1 heterocycles.